The van der Waals surface area contributed by atoms with E-state index < -0.39 is 15.3 Å². The Morgan fingerprint density at radius 2 is 2.07 bits per heavy atom. The number of nitrogens with zero attached hydrogens (tertiary/aromatic N) is 1. The van der Waals surface area contributed by atoms with Crippen molar-refractivity contribution in [2.75, 3.05) is 12.4 Å². The molecule has 1 unspecified atom stereocenters. The van der Waals surface area contributed by atoms with Gasteiger partial charge < -0.3 is 0 Å². The van der Waals surface area contributed by atoms with Gasteiger partial charge in [0.15, 0.2) is 0 Å². The van der Waals surface area contributed by atoms with Crippen molar-refractivity contribution >= 4 is 21.6 Å². The molecule has 1 saturated carbocycles. The zero-order valence-electron chi connectivity index (χ0n) is 9.45. The van der Waals surface area contributed by atoms with Crippen LogP contribution in [-0.4, -0.2) is 36.4 Å². The van der Waals surface area contributed by atoms with Gasteiger partial charge in [0.2, 0.25) is 10.0 Å². The molecule has 0 aromatic carbocycles. The van der Waals surface area contributed by atoms with Crippen molar-refractivity contribution in [3.63, 3.8) is 0 Å². The maximum absolute atomic E-state index is 12.1. The predicted octanol–water partition coefficient (Wildman–Crippen LogP) is 2.21. The molecule has 0 heterocycles. The van der Waals surface area contributed by atoms with Crippen molar-refractivity contribution in [3.05, 3.63) is 0 Å². The van der Waals surface area contributed by atoms with E-state index >= 15 is 0 Å². The van der Waals surface area contributed by atoms with Crippen molar-refractivity contribution in [3.8, 4) is 0 Å². The molecule has 1 atom stereocenters. The second-order valence-corrected chi connectivity index (χ2v) is 6.82. The third-order valence-corrected chi connectivity index (χ3v) is 5.70. The van der Waals surface area contributed by atoms with E-state index in [1.807, 2.05) is 0 Å². The molecule has 3 nitrogen and oxygen atoms in total. The first-order chi connectivity index (χ1) is 7.04. The Bertz CT molecular complexity index is 288. The lowest BCUT2D eigenvalue weighted by atomic mass is 10.3. The lowest BCUT2D eigenvalue weighted by Gasteiger charge is -2.24. The molecule has 1 aliphatic rings. The summed E-state index contributed by atoms with van der Waals surface area (Å²) in [4.78, 5) is 0. The van der Waals surface area contributed by atoms with Crippen LogP contribution in [0.25, 0.3) is 0 Å². The monoisotopic (exact) mass is 253 g/mol. The first-order valence-corrected chi connectivity index (χ1v) is 7.64. The van der Waals surface area contributed by atoms with Crippen molar-refractivity contribution in [2.24, 2.45) is 0 Å². The van der Waals surface area contributed by atoms with Gasteiger partial charge in [-0.15, -0.1) is 11.6 Å². The van der Waals surface area contributed by atoms with Gasteiger partial charge in [-0.05, 0) is 26.2 Å². The van der Waals surface area contributed by atoms with Gasteiger partial charge in [0, 0.05) is 18.5 Å². The predicted molar refractivity (Wildman–Crippen MR) is 63.7 cm³/mol. The first-order valence-electron chi connectivity index (χ1n) is 5.60. The Kier molecular flexibility index (Phi) is 4.87. The average molecular weight is 254 g/mol. The summed E-state index contributed by atoms with van der Waals surface area (Å²) in [5.74, 6) is 0.178. The summed E-state index contributed by atoms with van der Waals surface area (Å²) in [5, 5.41) is -0.461. The summed E-state index contributed by atoms with van der Waals surface area (Å²) in [6, 6.07) is 0.257. The second kappa shape index (κ2) is 5.51. The van der Waals surface area contributed by atoms with E-state index in [0.717, 1.165) is 25.7 Å². The molecule has 1 rings (SSSR count). The number of halogens is 1. The van der Waals surface area contributed by atoms with Crippen LogP contribution >= 0.6 is 11.6 Å². The molecular weight excluding hydrogens is 234 g/mol. The maximum atomic E-state index is 12.1. The molecule has 0 aromatic rings. The molecule has 5 heteroatoms. The van der Waals surface area contributed by atoms with Gasteiger partial charge in [0.1, 0.15) is 0 Å². The Morgan fingerprint density at radius 3 is 2.47 bits per heavy atom. The lowest BCUT2D eigenvalue weighted by Crippen LogP contribution is -2.40. The highest BCUT2D eigenvalue weighted by molar-refractivity contribution is 7.89. The number of sulfonamides is 1. The van der Waals surface area contributed by atoms with Gasteiger partial charge in [-0.25, -0.2) is 8.42 Å². The van der Waals surface area contributed by atoms with E-state index in [2.05, 4.69) is 6.92 Å². The minimum Gasteiger partial charge on any atom is -0.212 e. The van der Waals surface area contributed by atoms with Crippen molar-refractivity contribution < 1.29 is 8.42 Å². The van der Waals surface area contributed by atoms with E-state index in [1.165, 1.54) is 0 Å². The zero-order valence-corrected chi connectivity index (χ0v) is 11.0. The van der Waals surface area contributed by atoms with Crippen LogP contribution in [0.4, 0.5) is 0 Å². The molecular formula is C10H20ClNO2S. The highest BCUT2D eigenvalue weighted by Gasteiger charge is 2.38. The van der Waals surface area contributed by atoms with Gasteiger partial charge in [-0.3, -0.25) is 0 Å². The molecule has 1 aliphatic carbocycles. The van der Waals surface area contributed by atoms with Crippen LogP contribution in [0.1, 0.15) is 39.5 Å². The molecule has 0 aliphatic heterocycles. The first kappa shape index (κ1) is 13.3. The molecule has 15 heavy (non-hydrogen) atoms. The van der Waals surface area contributed by atoms with E-state index in [0.29, 0.717) is 6.54 Å². The number of rotatable bonds is 7. The summed E-state index contributed by atoms with van der Waals surface area (Å²) in [5.41, 5.74) is 0. The Balaban J connectivity index is 2.69. The number of unbranched alkanes of at least 4 members (excludes halogenated alkanes) is 1. The number of hydrogen-bond acceptors (Lipinski definition) is 2. The van der Waals surface area contributed by atoms with E-state index in [4.69, 9.17) is 11.6 Å². The Hall–Kier alpha value is 0.200. The van der Waals surface area contributed by atoms with Crippen LogP contribution < -0.4 is 0 Å². The highest BCUT2D eigenvalue weighted by Crippen LogP contribution is 2.31. The Labute approximate surface area is 97.8 Å². The molecule has 0 spiro atoms. The molecule has 90 valence electrons. The van der Waals surface area contributed by atoms with Crippen LogP contribution in [0.5, 0.6) is 0 Å². The topological polar surface area (TPSA) is 37.4 Å². The summed E-state index contributed by atoms with van der Waals surface area (Å²) in [6.45, 7) is 4.41. The molecule has 0 N–H and O–H groups in total. The van der Waals surface area contributed by atoms with Crippen molar-refractivity contribution in [1.82, 2.24) is 4.31 Å². The van der Waals surface area contributed by atoms with Crippen molar-refractivity contribution in [1.29, 1.82) is 0 Å². The summed E-state index contributed by atoms with van der Waals surface area (Å²) in [7, 11) is -3.16. The smallest absolute Gasteiger partial charge is 0.212 e. The fourth-order valence-electron chi connectivity index (χ4n) is 1.50. The van der Waals surface area contributed by atoms with Crippen LogP contribution in [0.3, 0.4) is 0 Å². The van der Waals surface area contributed by atoms with Crippen LogP contribution in [-0.2, 0) is 10.0 Å². The largest absolute Gasteiger partial charge is 0.218 e. The molecule has 0 saturated heterocycles. The van der Waals surface area contributed by atoms with Gasteiger partial charge in [0.25, 0.3) is 0 Å². The van der Waals surface area contributed by atoms with Gasteiger partial charge in [-0.1, -0.05) is 13.3 Å². The number of alkyl halides is 1. The fraction of sp³-hybridized carbons (Fsp3) is 1.00. The minimum absolute atomic E-state index is 0.178. The standard InChI is InChI=1S/C10H20ClNO2S/c1-3-4-7-12(10-5-6-10)15(13,14)9(2)8-11/h9-10H,3-8H2,1-2H3. The average Bonchev–Trinajstić information content (AvgIpc) is 3.01. The highest BCUT2D eigenvalue weighted by atomic mass is 35.5. The normalized spacial score (nSPS) is 19.5. The lowest BCUT2D eigenvalue weighted by molar-refractivity contribution is 0.391. The maximum Gasteiger partial charge on any atom is 0.218 e. The zero-order chi connectivity index (χ0) is 11.5. The molecule has 0 aromatic heterocycles. The summed E-state index contributed by atoms with van der Waals surface area (Å²) >= 11 is 5.63. The fourth-order valence-corrected chi connectivity index (χ4v) is 3.61. The van der Waals surface area contributed by atoms with E-state index in [1.54, 1.807) is 11.2 Å². The van der Waals surface area contributed by atoms with E-state index in [-0.39, 0.29) is 11.9 Å². The van der Waals surface area contributed by atoms with Crippen LogP contribution in [0.15, 0.2) is 0 Å². The number of hydrogen-bond donors (Lipinski definition) is 0. The summed E-state index contributed by atoms with van der Waals surface area (Å²) in [6.07, 6.45) is 3.98. The molecule has 0 amide bonds. The molecule has 0 bridgehead atoms. The quantitative estimate of drug-likeness (QED) is 0.653. The second-order valence-electron chi connectivity index (χ2n) is 4.21. The van der Waals surface area contributed by atoms with Crippen molar-refractivity contribution in [2.45, 2.75) is 50.8 Å². The Morgan fingerprint density at radius 1 is 1.47 bits per heavy atom. The van der Waals surface area contributed by atoms with Crippen LogP contribution in [0, 0.1) is 0 Å². The summed E-state index contributed by atoms with van der Waals surface area (Å²) < 4.78 is 25.9. The minimum atomic E-state index is -3.16. The third-order valence-electron chi connectivity index (χ3n) is 2.74. The molecule has 0 radical (unpaired) electrons. The van der Waals surface area contributed by atoms with Gasteiger partial charge in [0.05, 0.1) is 5.25 Å². The van der Waals surface area contributed by atoms with Gasteiger partial charge >= 0.3 is 0 Å². The SMILES string of the molecule is CCCCN(C1CC1)S(=O)(=O)C(C)CCl. The van der Waals surface area contributed by atoms with Gasteiger partial charge in [-0.2, -0.15) is 4.31 Å². The molecule has 1 fully saturated rings. The third kappa shape index (κ3) is 3.33. The van der Waals surface area contributed by atoms with Crippen LogP contribution in [0.2, 0.25) is 0 Å². The van der Waals surface area contributed by atoms with E-state index in [9.17, 15) is 8.42 Å².